The number of furan rings is 2. The Bertz CT molecular complexity index is 3190. The maximum atomic E-state index is 9.40. The first kappa shape index (κ1) is 11.8. The third kappa shape index (κ3) is 2.93. The van der Waals surface area contributed by atoms with Gasteiger partial charge in [0, 0.05) is 27.3 Å². The summed E-state index contributed by atoms with van der Waals surface area (Å²) in [5.74, 6) is 0. The Morgan fingerprint density at radius 3 is 2.00 bits per heavy atom. The molecule has 0 fully saturated rings. The van der Waals surface area contributed by atoms with Crippen molar-refractivity contribution in [1.29, 1.82) is 0 Å². The first-order valence-corrected chi connectivity index (χ1v) is 12.4. The summed E-state index contributed by atoms with van der Waals surface area (Å²) in [6.45, 7) is 0. The summed E-state index contributed by atoms with van der Waals surface area (Å²) >= 11 is 0. The van der Waals surface area contributed by atoms with Gasteiger partial charge in [0.15, 0.2) is 0 Å². The van der Waals surface area contributed by atoms with Crippen LogP contribution in [0.5, 0.6) is 0 Å². The Hall–Kier alpha value is -5.34. The molecule has 186 valence electrons. The van der Waals surface area contributed by atoms with Gasteiger partial charge in [-0.2, -0.15) is 0 Å². The molecule has 0 atom stereocenters. The SMILES string of the molecule is [2H]c1c([2H])c([2H])c2c([2H])c(-c3c4c([2H])c([2H])c([2H])c([2H])c4c(-c4cc5oc6ccccc6c5c5ccoc45)c4c([2H])c([2H])c([2H])c([2H])c34)c([2H])c([2H])c2c1[2H]. The van der Waals surface area contributed by atoms with Crippen LogP contribution in [0.1, 0.15) is 20.6 Å². The van der Waals surface area contributed by atoms with Crippen molar-refractivity contribution in [2.45, 2.75) is 0 Å². The molecule has 9 aromatic rings. The minimum absolute atomic E-state index is 0.0677. The molecular formula is C38H22O2. The molecule has 0 N–H and O–H groups in total. The average Bonchev–Trinajstić information content (AvgIpc) is 3.81. The highest BCUT2D eigenvalue weighted by atomic mass is 16.3. The van der Waals surface area contributed by atoms with Crippen LogP contribution in [0, 0.1) is 0 Å². The van der Waals surface area contributed by atoms with Crippen LogP contribution in [0.3, 0.4) is 0 Å². The van der Waals surface area contributed by atoms with E-state index in [2.05, 4.69) is 0 Å². The van der Waals surface area contributed by atoms with Crippen LogP contribution in [0.15, 0.2) is 142 Å². The molecule has 0 radical (unpaired) electrons. The second-order valence-corrected chi connectivity index (χ2v) is 9.31. The van der Waals surface area contributed by atoms with E-state index in [1.54, 1.807) is 24.3 Å². The van der Waals surface area contributed by atoms with Crippen LogP contribution in [0.2, 0.25) is 0 Å². The summed E-state index contributed by atoms with van der Waals surface area (Å²) in [5, 5.41) is -0.0451. The highest BCUT2D eigenvalue weighted by molar-refractivity contribution is 6.27. The lowest BCUT2D eigenvalue weighted by atomic mass is 9.85. The molecule has 0 aliphatic carbocycles. The number of para-hydroxylation sites is 1. The summed E-state index contributed by atoms with van der Waals surface area (Å²) in [5.41, 5.74) is 0.280. The van der Waals surface area contributed by atoms with Crippen LogP contribution < -0.4 is 0 Å². The van der Waals surface area contributed by atoms with Gasteiger partial charge in [0.25, 0.3) is 0 Å². The quantitative estimate of drug-likeness (QED) is 0.210. The van der Waals surface area contributed by atoms with Gasteiger partial charge < -0.3 is 8.83 Å². The largest absolute Gasteiger partial charge is 0.464 e. The van der Waals surface area contributed by atoms with Crippen LogP contribution in [-0.4, -0.2) is 0 Å². The van der Waals surface area contributed by atoms with E-state index in [1.807, 2.05) is 12.1 Å². The van der Waals surface area contributed by atoms with E-state index in [9.17, 15) is 8.22 Å². The Balaban J connectivity index is 1.62. The monoisotopic (exact) mass is 525 g/mol. The minimum Gasteiger partial charge on any atom is -0.464 e. The third-order valence-corrected chi connectivity index (χ3v) is 7.22. The van der Waals surface area contributed by atoms with E-state index in [4.69, 9.17) is 21.2 Å². The van der Waals surface area contributed by atoms with Crippen molar-refractivity contribution in [1.82, 2.24) is 0 Å². The number of fused-ring (bicyclic) bond motifs is 8. The zero-order valence-corrected chi connectivity index (χ0v) is 20.4. The van der Waals surface area contributed by atoms with Gasteiger partial charge in [0.2, 0.25) is 0 Å². The number of hydrogen-bond donors (Lipinski definition) is 0. The number of rotatable bonds is 2. The molecule has 0 spiro atoms. The maximum Gasteiger partial charge on any atom is 0.142 e. The molecule has 0 aliphatic heterocycles. The van der Waals surface area contributed by atoms with Crippen molar-refractivity contribution in [2.24, 2.45) is 0 Å². The van der Waals surface area contributed by atoms with E-state index in [1.165, 1.54) is 6.26 Å². The Morgan fingerprint density at radius 2 is 1.23 bits per heavy atom. The molecule has 0 saturated carbocycles. The molecule has 0 amide bonds. The van der Waals surface area contributed by atoms with E-state index in [-0.39, 0.29) is 38.3 Å². The molecule has 0 saturated heterocycles. The van der Waals surface area contributed by atoms with Gasteiger partial charge in [-0.1, -0.05) is 103 Å². The van der Waals surface area contributed by atoms with Gasteiger partial charge >= 0.3 is 0 Å². The smallest absolute Gasteiger partial charge is 0.142 e. The minimum atomic E-state index is -0.755. The van der Waals surface area contributed by atoms with Crippen LogP contribution >= 0.6 is 0 Å². The van der Waals surface area contributed by atoms with Crippen LogP contribution in [0.25, 0.3) is 87.5 Å². The predicted octanol–water partition coefficient (Wildman–Crippen LogP) is 11.1. The van der Waals surface area contributed by atoms with Crippen molar-refractivity contribution in [3.8, 4) is 22.3 Å². The van der Waals surface area contributed by atoms with Gasteiger partial charge in [-0.3, -0.25) is 0 Å². The topological polar surface area (TPSA) is 26.3 Å². The lowest BCUT2D eigenvalue weighted by Crippen LogP contribution is -1.91. The molecule has 9 rings (SSSR count). The third-order valence-electron chi connectivity index (χ3n) is 7.22. The summed E-state index contributed by atoms with van der Waals surface area (Å²) in [6.07, 6.45) is 1.42. The molecule has 2 aromatic heterocycles. The standard InChI is InChI=1S/C38H22O2/c1-2-10-24-21-25(18-17-23(24)9-1)35-26-11-3-5-13-28(26)36(29-14-6-4-12-27(29)35)32-22-34-37(31-19-20-39-38(31)32)30-15-7-8-16-33(30)40-34/h1-22H/i1D,2D,3D,4D,5D,6D,9D,10D,11D,12D,13D,14D,17D,18D,21D. The lowest BCUT2D eigenvalue weighted by molar-refractivity contribution is 0.616. The van der Waals surface area contributed by atoms with E-state index < -0.39 is 113 Å². The number of hydrogen-bond acceptors (Lipinski definition) is 2. The van der Waals surface area contributed by atoms with Gasteiger partial charge in [0.1, 0.15) is 16.7 Å². The molecule has 0 aliphatic rings. The second kappa shape index (κ2) is 8.08. The van der Waals surface area contributed by atoms with Gasteiger partial charge in [-0.05, 0) is 67.7 Å². The Kier molecular flexibility index (Phi) is 2.39. The summed E-state index contributed by atoms with van der Waals surface area (Å²) in [6, 6.07) is 0.212. The Morgan fingerprint density at radius 1 is 0.550 bits per heavy atom. The van der Waals surface area contributed by atoms with Gasteiger partial charge in [0.05, 0.1) is 26.8 Å². The zero-order chi connectivity index (χ0) is 39.3. The molecule has 7 aromatic carbocycles. The first-order valence-electron chi connectivity index (χ1n) is 19.9. The van der Waals surface area contributed by atoms with Gasteiger partial charge in [-0.15, -0.1) is 0 Å². The molecule has 2 heterocycles. The molecule has 0 unspecified atom stereocenters. The van der Waals surface area contributed by atoms with Crippen molar-refractivity contribution < 1.29 is 29.4 Å². The molecule has 0 bridgehead atoms. The fourth-order valence-electron chi connectivity index (χ4n) is 5.59. The average molecular weight is 526 g/mol. The van der Waals surface area contributed by atoms with Crippen molar-refractivity contribution in [3.05, 3.63) is 133 Å². The van der Waals surface area contributed by atoms with Crippen molar-refractivity contribution in [3.63, 3.8) is 0 Å². The summed E-state index contributed by atoms with van der Waals surface area (Å²) in [4.78, 5) is 0. The first-order chi connectivity index (χ1) is 26.1. The van der Waals surface area contributed by atoms with E-state index >= 15 is 0 Å². The molecule has 2 nitrogen and oxygen atoms in total. The van der Waals surface area contributed by atoms with E-state index in [0.29, 0.717) is 21.9 Å². The van der Waals surface area contributed by atoms with Crippen molar-refractivity contribution >= 4 is 65.2 Å². The highest BCUT2D eigenvalue weighted by Gasteiger charge is 2.22. The fraction of sp³-hybridized carbons (Fsp3) is 0. The molecule has 2 heteroatoms. The normalized spacial score (nSPS) is 17.2. The summed E-state index contributed by atoms with van der Waals surface area (Å²) in [7, 11) is 0. The molecular weight excluding hydrogens is 488 g/mol. The molecule has 40 heavy (non-hydrogen) atoms. The van der Waals surface area contributed by atoms with Crippen molar-refractivity contribution in [2.75, 3.05) is 0 Å². The zero-order valence-electron chi connectivity index (χ0n) is 35.4. The second-order valence-electron chi connectivity index (χ2n) is 9.31. The number of benzene rings is 7. The highest BCUT2D eigenvalue weighted by Crippen LogP contribution is 2.48. The van der Waals surface area contributed by atoms with E-state index in [0.717, 1.165) is 5.39 Å². The maximum absolute atomic E-state index is 9.40. The predicted molar refractivity (Wildman–Crippen MR) is 167 cm³/mol. The van der Waals surface area contributed by atoms with Gasteiger partial charge in [-0.25, -0.2) is 0 Å². The lowest BCUT2D eigenvalue weighted by Gasteiger charge is -2.18. The fourth-order valence-corrected chi connectivity index (χ4v) is 5.59. The summed E-state index contributed by atoms with van der Waals surface area (Å²) < 4.78 is 146. The van der Waals surface area contributed by atoms with Crippen LogP contribution in [0.4, 0.5) is 0 Å². The van der Waals surface area contributed by atoms with Crippen LogP contribution in [-0.2, 0) is 0 Å². The Labute approximate surface area is 250 Å².